The fourth-order valence-corrected chi connectivity index (χ4v) is 2.36. The van der Waals surface area contributed by atoms with Crippen molar-refractivity contribution in [3.8, 4) is 0 Å². The van der Waals surface area contributed by atoms with Crippen LogP contribution in [0.4, 0.5) is 0 Å². The minimum absolute atomic E-state index is 0.410. The molecule has 0 aliphatic carbocycles. The summed E-state index contributed by atoms with van der Waals surface area (Å²) in [6, 6.07) is 0. The highest BCUT2D eigenvalue weighted by molar-refractivity contribution is 7.09. The maximum absolute atomic E-state index is 10.4. The molecule has 1 unspecified atom stereocenters. The Hall–Kier alpha value is -0.740. The van der Waals surface area contributed by atoms with Gasteiger partial charge in [0.15, 0.2) is 6.29 Å². The molecule has 2 rings (SSSR count). The number of hydrogen-bond donors (Lipinski definition) is 0. The minimum atomic E-state index is 0.410. The predicted molar refractivity (Wildman–Crippen MR) is 50.3 cm³/mol. The molecule has 0 saturated carbocycles. The molecule has 0 aromatic carbocycles. The van der Waals surface area contributed by atoms with Gasteiger partial charge in [-0.25, -0.2) is 4.98 Å². The number of thiazole rings is 1. The van der Waals surface area contributed by atoms with Crippen molar-refractivity contribution >= 4 is 17.6 Å². The maximum atomic E-state index is 10.4. The fourth-order valence-electron chi connectivity index (χ4n) is 1.48. The zero-order valence-electron chi connectivity index (χ0n) is 7.23. The monoisotopic (exact) mass is 197 g/mol. The molecule has 4 heteroatoms. The molecule has 1 aromatic heterocycles. The van der Waals surface area contributed by atoms with E-state index in [1.165, 1.54) is 0 Å². The number of aromatic nitrogens is 1. The van der Waals surface area contributed by atoms with Gasteiger partial charge in [0.05, 0.1) is 11.6 Å². The van der Waals surface area contributed by atoms with Gasteiger partial charge in [0.25, 0.3) is 0 Å². The van der Waals surface area contributed by atoms with Gasteiger partial charge >= 0.3 is 0 Å². The molecule has 0 N–H and O–H groups in total. The molecule has 1 aliphatic rings. The van der Waals surface area contributed by atoms with Crippen LogP contribution in [0.1, 0.15) is 34.3 Å². The van der Waals surface area contributed by atoms with Crippen LogP contribution in [0.3, 0.4) is 0 Å². The van der Waals surface area contributed by atoms with E-state index in [9.17, 15) is 4.79 Å². The Kier molecular flexibility index (Phi) is 2.71. The van der Waals surface area contributed by atoms with Gasteiger partial charge in [-0.15, -0.1) is 11.3 Å². The van der Waals surface area contributed by atoms with Crippen LogP contribution in [0.5, 0.6) is 0 Å². The Morgan fingerprint density at radius 3 is 3.23 bits per heavy atom. The topological polar surface area (TPSA) is 39.2 Å². The zero-order valence-corrected chi connectivity index (χ0v) is 8.05. The van der Waals surface area contributed by atoms with E-state index in [1.807, 2.05) is 0 Å². The maximum Gasteiger partial charge on any atom is 0.169 e. The second-order valence-corrected chi connectivity index (χ2v) is 4.03. The van der Waals surface area contributed by atoms with E-state index in [1.54, 1.807) is 16.7 Å². The molecule has 0 amide bonds. The lowest BCUT2D eigenvalue weighted by molar-refractivity contribution is 0.0803. The molecule has 1 aliphatic heterocycles. The number of ether oxygens (including phenoxy) is 1. The van der Waals surface area contributed by atoms with Crippen molar-refractivity contribution in [1.82, 2.24) is 4.98 Å². The molecular formula is C9H11NO2S. The van der Waals surface area contributed by atoms with Crippen molar-refractivity contribution in [1.29, 1.82) is 0 Å². The Balaban J connectivity index is 2.09. The third kappa shape index (κ3) is 1.95. The van der Waals surface area contributed by atoms with E-state index >= 15 is 0 Å². The summed E-state index contributed by atoms with van der Waals surface area (Å²) in [4.78, 5) is 14.6. The first-order chi connectivity index (χ1) is 6.40. The van der Waals surface area contributed by atoms with Crippen molar-refractivity contribution < 1.29 is 9.53 Å². The average molecular weight is 197 g/mol. The molecule has 0 bridgehead atoms. The van der Waals surface area contributed by atoms with E-state index in [-0.39, 0.29) is 0 Å². The predicted octanol–water partition coefficient (Wildman–Crippen LogP) is 1.85. The molecule has 0 spiro atoms. The molecule has 3 nitrogen and oxygen atoms in total. The fraction of sp³-hybridized carbons (Fsp3) is 0.556. The number of hydrogen-bond acceptors (Lipinski definition) is 4. The second kappa shape index (κ2) is 3.98. The van der Waals surface area contributed by atoms with Crippen LogP contribution in [0.25, 0.3) is 0 Å². The van der Waals surface area contributed by atoms with Crippen LogP contribution in [-0.2, 0) is 4.74 Å². The first-order valence-electron chi connectivity index (χ1n) is 4.38. The molecule has 1 atom stereocenters. The molecule has 1 aromatic rings. The van der Waals surface area contributed by atoms with Crippen molar-refractivity contribution in [2.24, 2.45) is 0 Å². The van der Waals surface area contributed by atoms with E-state index < -0.39 is 0 Å². The third-order valence-corrected chi connectivity index (χ3v) is 3.20. The van der Waals surface area contributed by atoms with Crippen molar-refractivity contribution in [2.45, 2.75) is 18.8 Å². The van der Waals surface area contributed by atoms with Crippen LogP contribution >= 0.6 is 11.3 Å². The quantitative estimate of drug-likeness (QED) is 0.679. The number of aldehydes is 1. The SMILES string of the molecule is O=Cc1csc(C2CCCOC2)n1. The smallest absolute Gasteiger partial charge is 0.169 e. The Morgan fingerprint density at radius 2 is 2.62 bits per heavy atom. The van der Waals surface area contributed by atoms with Crippen LogP contribution in [0, 0.1) is 0 Å². The number of rotatable bonds is 2. The van der Waals surface area contributed by atoms with Gasteiger partial charge in [-0.3, -0.25) is 4.79 Å². The normalized spacial score (nSPS) is 22.9. The molecule has 13 heavy (non-hydrogen) atoms. The number of carbonyl (C=O) groups is 1. The number of carbonyl (C=O) groups excluding carboxylic acids is 1. The first-order valence-corrected chi connectivity index (χ1v) is 5.26. The molecule has 1 fully saturated rings. The first kappa shape index (κ1) is 8.84. The molecule has 2 heterocycles. The number of nitrogens with zero attached hydrogens (tertiary/aromatic N) is 1. The summed E-state index contributed by atoms with van der Waals surface area (Å²) >= 11 is 1.56. The summed E-state index contributed by atoms with van der Waals surface area (Å²) in [5.41, 5.74) is 0.547. The highest BCUT2D eigenvalue weighted by Crippen LogP contribution is 2.27. The molecule has 70 valence electrons. The van der Waals surface area contributed by atoms with Crippen molar-refractivity contribution in [2.75, 3.05) is 13.2 Å². The van der Waals surface area contributed by atoms with Gasteiger partial charge in [-0.2, -0.15) is 0 Å². The third-order valence-electron chi connectivity index (χ3n) is 2.17. The second-order valence-electron chi connectivity index (χ2n) is 3.14. The van der Waals surface area contributed by atoms with E-state index in [2.05, 4.69) is 4.98 Å². The van der Waals surface area contributed by atoms with Gasteiger partial charge in [0.1, 0.15) is 5.69 Å². The summed E-state index contributed by atoms with van der Waals surface area (Å²) in [6.07, 6.45) is 3.02. The van der Waals surface area contributed by atoms with Crippen LogP contribution < -0.4 is 0 Å². The van der Waals surface area contributed by atoms with Crippen molar-refractivity contribution in [3.05, 3.63) is 16.1 Å². The molecule has 1 saturated heterocycles. The van der Waals surface area contributed by atoms with Crippen LogP contribution in [0.15, 0.2) is 5.38 Å². The summed E-state index contributed by atoms with van der Waals surface area (Å²) in [5, 5.41) is 2.85. The standard InChI is InChI=1S/C9H11NO2S/c11-4-8-6-13-9(10-8)7-2-1-3-12-5-7/h4,6-7H,1-3,5H2. The van der Waals surface area contributed by atoms with Gasteiger partial charge in [-0.05, 0) is 12.8 Å². The van der Waals surface area contributed by atoms with Gasteiger partial charge in [0.2, 0.25) is 0 Å². The van der Waals surface area contributed by atoms with Crippen LogP contribution in [0.2, 0.25) is 0 Å². The van der Waals surface area contributed by atoms with Gasteiger partial charge < -0.3 is 4.74 Å². The molecule has 0 radical (unpaired) electrons. The highest BCUT2D eigenvalue weighted by Gasteiger charge is 2.18. The largest absolute Gasteiger partial charge is 0.381 e. The average Bonchev–Trinajstić information content (AvgIpc) is 2.67. The Bertz CT molecular complexity index is 292. The lowest BCUT2D eigenvalue weighted by Gasteiger charge is -2.19. The Morgan fingerprint density at radius 1 is 1.69 bits per heavy atom. The molecular weight excluding hydrogens is 186 g/mol. The summed E-state index contributed by atoms with van der Waals surface area (Å²) < 4.78 is 5.36. The minimum Gasteiger partial charge on any atom is -0.381 e. The van der Waals surface area contributed by atoms with E-state index in [0.717, 1.165) is 37.3 Å². The lowest BCUT2D eigenvalue weighted by Crippen LogP contribution is -2.15. The van der Waals surface area contributed by atoms with E-state index in [4.69, 9.17) is 4.74 Å². The zero-order chi connectivity index (χ0) is 9.10. The lowest BCUT2D eigenvalue weighted by atomic mass is 10.0. The van der Waals surface area contributed by atoms with Gasteiger partial charge in [-0.1, -0.05) is 0 Å². The van der Waals surface area contributed by atoms with Crippen molar-refractivity contribution in [3.63, 3.8) is 0 Å². The summed E-state index contributed by atoms with van der Waals surface area (Å²) in [7, 11) is 0. The Labute approximate surface area is 80.8 Å². The van der Waals surface area contributed by atoms with Gasteiger partial charge in [0, 0.05) is 17.9 Å². The summed E-state index contributed by atoms with van der Waals surface area (Å²) in [5.74, 6) is 0.410. The summed E-state index contributed by atoms with van der Waals surface area (Å²) in [6.45, 7) is 1.62. The van der Waals surface area contributed by atoms with Crippen LogP contribution in [-0.4, -0.2) is 24.5 Å². The van der Waals surface area contributed by atoms with E-state index in [0.29, 0.717) is 11.6 Å². The highest BCUT2D eigenvalue weighted by atomic mass is 32.1.